The molecule has 2 rings (SSSR count). The van der Waals surface area contributed by atoms with E-state index in [1.165, 1.54) is 0 Å². The number of anilines is 1. The Morgan fingerprint density at radius 3 is 2.53 bits per heavy atom. The van der Waals surface area contributed by atoms with Gasteiger partial charge in [-0.1, -0.05) is 13.3 Å². The van der Waals surface area contributed by atoms with Gasteiger partial charge in [-0.15, -0.1) is 0 Å². The molecule has 0 fully saturated rings. The van der Waals surface area contributed by atoms with E-state index < -0.39 is 0 Å². The van der Waals surface area contributed by atoms with Crippen LogP contribution in [0, 0.1) is 13.8 Å². The highest BCUT2D eigenvalue weighted by atomic mass is 15.3. The van der Waals surface area contributed by atoms with Gasteiger partial charge in [0.25, 0.3) is 0 Å². The number of nitrogens with one attached hydrogen (secondary N) is 1. The first-order valence-electron chi connectivity index (χ1n) is 6.63. The third-order valence-corrected chi connectivity index (χ3v) is 3.27. The molecule has 0 aliphatic carbocycles. The average Bonchev–Trinajstić information content (AvgIpc) is 2.63. The lowest BCUT2D eigenvalue weighted by Gasteiger charge is -2.07. The second-order valence-corrected chi connectivity index (χ2v) is 4.74. The van der Waals surface area contributed by atoms with Crippen molar-refractivity contribution in [2.24, 2.45) is 7.05 Å². The molecule has 0 aliphatic heterocycles. The molecule has 2 aromatic rings. The maximum absolute atomic E-state index is 4.67. The van der Waals surface area contributed by atoms with E-state index in [1.807, 2.05) is 38.7 Å². The Bertz CT molecular complexity index is 586. The van der Waals surface area contributed by atoms with Crippen molar-refractivity contribution in [2.45, 2.75) is 33.6 Å². The van der Waals surface area contributed by atoms with Crippen molar-refractivity contribution in [3.63, 3.8) is 0 Å². The summed E-state index contributed by atoms with van der Waals surface area (Å²) in [7, 11) is 3.82. The van der Waals surface area contributed by atoms with Crippen molar-refractivity contribution < 1.29 is 0 Å². The molecule has 0 saturated carbocycles. The number of hydrogen-bond donors (Lipinski definition) is 1. The fraction of sp³-hybridized carbons (Fsp3) is 0.500. The highest BCUT2D eigenvalue weighted by Crippen LogP contribution is 2.25. The molecule has 0 atom stereocenters. The lowest BCUT2D eigenvalue weighted by Crippen LogP contribution is -2.02. The normalized spacial score (nSPS) is 10.8. The van der Waals surface area contributed by atoms with Crippen LogP contribution in [0.5, 0.6) is 0 Å². The largest absolute Gasteiger partial charge is 0.373 e. The molecular weight excluding hydrogens is 238 g/mol. The Morgan fingerprint density at radius 1 is 1.26 bits per heavy atom. The summed E-state index contributed by atoms with van der Waals surface area (Å²) in [5.74, 6) is 1.62. The van der Waals surface area contributed by atoms with E-state index in [4.69, 9.17) is 0 Å². The molecule has 5 nitrogen and oxygen atoms in total. The van der Waals surface area contributed by atoms with Gasteiger partial charge >= 0.3 is 0 Å². The molecule has 0 aromatic carbocycles. The van der Waals surface area contributed by atoms with E-state index in [2.05, 4.69) is 27.3 Å². The number of aryl methyl sites for hydroxylation is 3. The van der Waals surface area contributed by atoms with Crippen molar-refractivity contribution in [2.75, 3.05) is 12.4 Å². The van der Waals surface area contributed by atoms with Gasteiger partial charge in [-0.05, 0) is 20.3 Å². The molecule has 0 spiro atoms. The van der Waals surface area contributed by atoms with Crippen LogP contribution < -0.4 is 5.32 Å². The zero-order chi connectivity index (χ0) is 14.0. The van der Waals surface area contributed by atoms with Gasteiger partial charge in [0.05, 0.1) is 11.3 Å². The summed E-state index contributed by atoms with van der Waals surface area (Å²) < 4.78 is 1.87. The molecule has 0 aliphatic rings. The molecular formula is C14H21N5. The van der Waals surface area contributed by atoms with Crippen molar-refractivity contribution in [3.8, 4) is 11.4 Å². The van der Waals surface area contributed by atoms with E-state index in [9.17, 15) is 0 Å². The summed E-state index contributed by atoms with van der Waals surface area (Å²) in [6.07, 6.45) is 2.03. The summed E-state index contributed by atoms with van der Waals surface area (Å²) in [5, 5.41) is 7.54. The van der Waals surface area contributed by atoms with E-state index in [0.717, 1.165) is 47.1 Å². The molecule has 0 saturated heterocycles. The van der Waals surface area contributed by atoms with Crippen LogP contribution in [-0.2, 0) is 13.5 Å². The van der Waals surface area contributed by atoms with Gasteiger partial charge in [0.2, 0.25) is 0 Å². The van der Waals surface area contributed by atoms with Crippen molar-refractivity contribution in [3.05, 3.63) is 23.1 Å². The first-order chi connectivity index (χ1) is 9.06. The topological polar surface area (TPSA) is 55.6 Å². The van der Waals surface area contributed by atoms with Gasteiger partial charge in [0.1, 0.15) is 5.82 Å². The fourth-order valence-electron chi connectivity index (χ4n) is 2.22. The van der Waals surface area contributed by atoms with Crippen molar-refractivity contribution in [1.29, 1.82) is 0 Å². The average molecular weight is 259 g/mol. The maximum atomic E-state index is 4.67. The number of nitrogens with zero attached hydrogens (tertiary/aromatic N) is 4. The maximum Gasteiger partial charge on any atom is 0.165 e. The molecule has 5 heteroatoms. The number of rotatable bonds is 4. The monoisotopic (exact) mass is 259 g/mol. The van der Waals surface area contributed by atoms with Crippen LogP contribution in [0.4, 0.5) is 5.82 Å². The summed E-state index contributed by atoms with van der Waals surface area (Å²) in [5.41, 5.74) is 4.17. The quantitative estimate of drug-likeness (QED) is 0.916. The van der Waals surface area contributed by atoms with E-state index >= 15 is 0 Å². The molecule has 2 aromatic heterocycles. The third kappa shape index (κ3) is 2.59. The lowest BCUT2D eigenvalue weighted by molar-refractivity contribution is 0.731. The molecule has 1 N–H and O–H groups in total. The molecule has 19 heavy (non-hydrogen) atoms. The van der Waals surface area contributed by atoms with Crippen LogP contribution in [0.3, 0.4) is 0 Å². The number of aromatic nitrogens is 4. The fourth-order valence-corrected chi connectivity index (χ4v) is 2.22. The van der Waals surface area contributed by atoms with Gasteiger partial charge in [-0.25, -0.2) is 9.97 Å². The van der Waals surface area contributed by atoms with E-state index in [0.29, 0.717) is 0 Å². The Labute approximate surface area is 114 Å². The summed E-state index contributed by atoms with van der Waals surface area (Å²) in [6.45, 7) is 6.20. The molecule has 0 unspecified atom stereocenters. The van der Waals surface area contributed by atoms with Gasteiger partial charge in [-0.3, -0.25) is 4.68 Å². The third-order valence-electron chi connectivity index (χ3n) is 3.27. The van der Waals surface area contributed by atoms with Crippen LogP contribution in [0.15, 0.2) is 6.07 Å². The van der Waals surface area contributed by atoms with Crippen molar-refractivity contribution >= 4 is 5.82 Å². The summed E-state index contributed by atoms with van der Waals surface area (Å²) in [6, 6.07) is 2.01. The van der Waals surface area contributed by atoms with Crippen LogP contribution in [0.2, 0.25) is 0 Å². The lowest BCUT2D eigenvalue weighted by atomic mass is 10.1. The van der Waals surface area contributed by atoms with Gasteiger partial charge < -0.3 is 5.32 Å². The van der Waals surface area contributed by atoms with Crippen LogP contribution >= 0.6 is 0 Å². The molecule has 0 bridgehead atoms. The number of hydrogen-bond acceptors (Lipinski definition) is 4. The highest BCUT2D eigenvalue weighted by molar-refractivity contribution is 5.63. The summed E-state index contributed by atoms with van der Waals surface area (Å²) in [4.78, 5) is 9.24. The van der Waals surface area contributed by atoms with E-state index in [1.54, 1.807) is 0 Å². The second-order valence-electron chi connectivity index (χ2n) is 4.74. The Hall–Kier alpha value is -1.91. The second kappa shape index (κ2) is 5.38. The minimum atomic E-state index is 0.762. The van der Waals surface area contributed by atoms with Crippen LogP contribution in [0.25, 0.3) is 11.4 Å². The minimum Gasteiger partial charge on any atom is -0.373 e. The zero-order valence-electron chi connectivity index (χ0n) is 12.3. The smallest absolute Gasteiger partial charge is 0.165 e. The SMILES string of the molecule is CCCc1cc(NC)nc(-c2c(C)nn(C)c2C)n1. The van der Waals surface area contributed by atoms with Crippen molar-refractivity contribution in [1.82, 2.24) is 19.7 Å². The highest BCUT2D eigenvalue weighted by Gasteiger charge is 2.15. The van der Waals surface area contributed by atoms with Gasteiger partial charge in [0.15, 0.2) is 5.82 Å². The zero-order valence-corrected chi connectivity index (χ0v) is 12.3. The Kier molecular flexibility index (Phi) is 3.83. The minimum absolute atomic E-state index is 0.762. The standard InChI is InChI=1S/C14H21N5/c1-6-7-11-8-12(15-4)17-14(16-11)13-9(2)18-19(5)10(13)3/h8H,6-7H2,1-5H3,(H,15,16,17). The first-order valence-corrected chi connectivity index (χ1v) is 6.63. The Balaban J connectivity index is 2.57. The predicted octanol–water partition coefficient (Wildman–Crippen LogP) is 2.49. The molecule has 2 heterocycles. The summed E-state index contributed by atoms with van der Waals surface area (Å²) >= 11 is 0. The van der Waals surface area contributed by atoms with Crippen LogP contribution in [0.1, 0.15) is 30.4 Å². The van der Waals surface area contributed by atoms with Gasteiger partial charge in [-0.2, -0.15) is 5.10 Å². The molecule has 102 valence electrons. The van der Waals surface area contributed by atoms with E-state index in [-0.39, 0.29) is 0 Å². The Morgan fingerprint density at radius 2 is 2.00 bits per heavy atom. The van der Waals surface area contributed by atoms with Gasteiger partial charge in [0, 0.05) is 31.5 Å². The molecule has 0 radical (unpaired) electrons. The molecule has 0 amide bonds. The predicted molar refractivity (Wildman–Crippen MR) is 77.2 cm³/mol. The van der Waals surface area contributed by atoms with Crippen LogP contribution in [-0.4, -0.2) is 26.8 Å². The first kappa shape index (κ1) is 13.5.